The lowest BCUT2D eigenvalue weighted by Gasteiger charge is -2.19. The standard InChI is InChI=1S/C31H21F5N4O6/c1-15-9-27(43-2)38-14-22(15)40-26(31(34,35)36)4-3-17(30(40)42)29(41)39-16-10-19(32)28(20(33)11-16)46-23-5-6-37-21-13-25-24(12-18(21)23)44-7-8-45-25/h3-6,9-14H,7-8H2,1-2H3,(H,39,41). The first-order valence-electron chi connectivity index (χ1n) is 13.5. The van der Waals surface area contributed by atoms with Crippen LogP contribution < -0.4 is 29.8 Å². The van der Waals surface area contributed by atoms with Crippen LogP contribution in [0.4, 0.5) is 27.6 Å². The molecule has 0 radical (unpaired) electrons. The van der Waals surface area contributed by atoms with Crippen LogP contribution in [0.15, 0.2) is 65.7 Å². The lowest BCUT2D eigenvalue weighted by Crippen LogP contribution is -2.33. The fourth-order valence-electron chi connectivity index (χ4n) is 4.82. The van der Waals surface area contributed by atoms with E-state index in [1.807, 2.05) is 0 Å². The van der Waals surface area contributed by atoms with Crippen molar-refractivity contribution in [1.82, 2.24) is 14.5 Å². The Morgan fingerprint density at radius 3 is 2.33 bits per heavy atom. The van der Waals surface area contributed by atoms with Gasteiger partial charge >= 0.3 is 6.18 Å². The van der Waals surface area contributed by atoms with E-state index in [1.165, 1.54) is 32.4 Å². The molecule has 0 unspecified atom stereocenters. The number of hydrogen-bond donors (Lipinski definition) is 1. The molecule has 0 aliphatic carbocycles. The van der Waals surface area contributed by atoms with Gasteiger partial charge in [-0.2, -0.15) is 13.2 Å². The van der Waals surface area contributed by atoms with Gasteiger partial charge in [0.05, 0.1) is 24.5 Å². The Hall–Kier alpha value is -5.73. The fraction of sp³-hybridized carbons (Fsp3) is 0.161. The highest BCUT2D eigenvalue weighted by Gasteiger charge is 2.36. The van der Waals surface area contributed by atoms with Gasteiger partial charge in [-0.15, -0.1) is 0 Å². The van der Waals surface area contributed by atoms with Crippen molar-refractivity contribution in [2.24, 2.45) is 0 Å². The van der Waals surface area contributed by atoms with Crippen LogP contribution in [-0.2, 0) is 6.18 Å². The Morgan fingerprint density at radius 1 is 0.978 bits per heavy atom. The Bertz CT molecular complexity index is 2060. The van der Waals surface area contributed by atoms with Gasteiger partial charge in [-0.05, 0) is 36.8 Å². The van der Waals surface area contributed by atoms with Crippen LogP contribution in [0.2, 0.25) is 0 Å². The number of fused-ring (bicyclic) bond motifs is 2. The molecule has 0 atom stereocenters. The fourth-order valence-corrected chi connectivity index (χ4v) is 4.82. The molecule has 1 N–H and O–H groups in total. The summed E-state index contributed by atoms with van der Waals surface area (Å²) in [5.41, 5.74) is -3.53. The minimum Gasteiger partial charge on any atom is -0.486 e. The number of aryl methyl sites for hydroxylation is 1. The molecule has 236 valence electrons. The molecule has 4 heterocycles. The summed E-state index contributed by atoms with van der Waals surface area (Å²) in [4.78, 5) is 34.5. The van der Waals surface area contributed by atoms with Crippen molar-refractivity contribution < 1.29 is 45.7 Å². The summed E-state index contributed by atoms with van der Waals surface area (Å²) >= 11 is 0. The molecule has 1 aliphatic rings. The van der Waals surface area contributed by atoms with E-state index in [1.54, 1.807) is 12.1 Å². The first-order valence-corrected chi connectivity index (χ1v) is 13.5. The molecule has 0 saturated heterocycles. The number of carbonyl (C=O) groups is 1. The summed E-state index contributed by atoms with van der Waals surface area (Å²) in [6, 6.07) is 8.57. The molecular formula is C31H21F5N4O6. The van der Waals surface area contributed by atoms with Crippen molar-refractivity contribution in [2.75, 3.05) is 25.6 Å². The largest absolute Gasteiger partial charge is 0.486 e. The number of amides is 1. The number of methoxy groups -OCH3 is 1. The molecule has 0 fully saturated rings. The van der Waals surface area contributed by atoms with E-state index in [2.05, 4.69) is 15.3 Å². The summed E-state index contributed by atoms with van der Waals surface area (Å²) in [6.07, 6.45) is -2.61. The van der Waals surface area contributed by atoms with E-state index < -0.39 is 52.0 Å². The van der Waals surface area contributed by atoms with Gasteiger partial charge in [0.1, 0.15) is 30.2 Å². The quantitative estimate of drug-likeness (QED) is 0.218. The van der Waals surface area contributed by atoms with Gasteiger partial charge in [0.2, 0.25) is 5.88 Å². The number of pyridine rings is 3. The average Bonchev–Trinajstić information content (AvgIpc) is 3.01. The number of alkyl halides is 3. The average molecular weight is 641 g/mol. The van der Waals surface area contributed by atoms with Crippen molar-refractivity contribution in [3.05, 3.63) is 99.7 Å². The lowest BCUT2D eigenvalue weighted by atomic mass is 10.1. The molecule has 3 aromatic heterocycles. The molecular weight excluding hydrogens is 619 g/mol. The first kappa shape index (κ1) is 30.3. The van der Waals surface area contributed by atoms with Crippen LogP contribution in [0.5, 0.6) is 28.9 Å². The second-order valence-electron chi connectivity index (χ2n) is 9.93. The normalized spacial score (nSPS) is 12.6. The third kappa shape index (κ3) is 5.62. The third-order valence-electron chi connectivity index (χ3n) is 6.96. The summed E-state index contributed by atoms with van der Waals surface area (Å²) in [5.74, 6) is -3.47. The van der Waals surface area contributed by atoms with Crippen LogP contribution in [0, 0.1) is 18.6 Å². The van der Waals surface area contributed by atoms with E-state index in [0.29, 0.717) is 52.3 Å². The summed E-state index contributed by atoms with van der Waals surface area (Å²) in [6.45, 7) is 2.09. The molecule has 1 aliphatic heterocycles. The van der Waals surface area contributed by atoms with Crippen molar-refractivity contribution >= 4 is 22.5 Å². The number of nitrogens with zero attached hydrogens (tertiary/aromatic N) is 3. The zero-order valence-electron chi connectivity index (χ0n) is 23.9. The summed E-state index contributed by atoms with van der Waals surface area (Å²) < 4.78 is 94.0. The predicted octanol–water partition coefficient (Wildman–Crippen LogP) is 6.21. The highest BCUT2D eigenvalue weighted by atomic mass is 19.4. The van der Waals surface area contributed by atoms with E-state index >= 15 is 8.78 Å². The Labute approximate surface area is 255 Å². The molecule has 0 saturated carbocycles. The number of aromatic nitrogens is 3. The summed E-state index contributed by atoms with van der Waals surface area (Å²) in [7, 11) is 1.31. The number of hydrogen-bond acceptors (Lipinski definition) is 8. The Kier molecular flexibility index (Phi) is 7.67. The monoisotopic (exact) mass is 640 g/mol. The van der Waals surface area contributed by atoms with Gasteiger partial charge in [-0.25, -0.2) is 13.8 Å². The molecule has 2 aromatic carbocycles. The van der Waals surface area contributed by atoms with E-state index in [0.717, 1.165) is 18.3 Å². The van der Waals surface area contributed by atoms with Crippen LogP contribution >= 0.6 is 0 Å². The minimum absolute atomic E-state index is 0.0465. The maximum Gasteiger partial charge on any atom is 0.431 e. The van der Waals surface area contributed by atoms with E-state index in [4.69, 9.17) is 18.9 Å². The molecule has 10 nitrogen and oxygen atoms in total. The number of benzene rings is 2. The van der Waals surface area contributed by atoms with Crippen molar-refractivity contribution in [3.8, 4) is 34.6 Å². The second-order valence-corrected chi connectivity index (χ2v) is 9.93. The maximum absolute atomic E-state index is 15.2. The first-order chi connectivity index (χ1) is 21.9. The summed E-state index contributed by atoms with van der Waals surface area (Å²) in [5, 5.41) is 2.54. The van der Waals surface area contributed by atoms with Gasteiger partial charge in [0.25, 0.3) is 11.5 Å². The number of anilines is 1. The lowest BCUT2D eigenvalue weighted by molar-refractivity contribution is -0.142. The smallest absolute Gasteiger partial charge is 0.431 e. The van der Waals surface area contributed by atoms with E-state index in [9.17, 15) is 22.8 Å². The number of ether oxygens (including phenoxy) is 4. The van der Waals surface area contributed by atoms with Crippen molar-refractivity contribution in [1.29, 1.82) is 0 Å². The Morgan fingerprint density at radius 2 is 1.67 bits per heavy atom. The molecule has 1 amide bonds. The molecule has 0 bridgehead atoms. The van der Waals surface area contributed by atoms with Crippen molar-refractivity contribution in [3.63, 3.8) is 0 Å². The topological polar surface area (TPSA) is 114 Å². The van der Waals surface area contributed by atoms with Crippen LogP contribution in [0.25, 0.3) is 16.6 Å². The maximum atomic E-state index is 15.2. The van der Waals surface area contributed by atoms with Crippen molar-refractivity contribution in [2.45, 2.75) is 13.1 Å². The number of nitrogens with one attached hydrogen (secondary N) is 1. The predicted molar refractivity (Wildman–Crippen MR) is 153 cm³/mol. The molecule has 5 aromatic rings. The highest BCUT2D eigenvalue weighted by Crippen LogP contribution is 2.40. The molecule has 15 heteroatoms. The van der Waals surface area contributed by atoms with Gasteiger partial charge in [0, 0.05) is 41.5 Å². The molecule has 46 heavy (non-hydrogen) atoms. The zero-order chi connectivity index (χ0) is 32.7. The number of rotatable bonds is 6. The van der Waals surface area contributed by atoms with E-state index in [-0.39, 0.29) is 22.9 Å². The highest BCUT2D eigenvalue weighted by molar-refractivity contribution is 6.04. The molecule has 6 rings (SSSR count). The van der Waals surface area contributed by atoms with Gasteiger partial charge in [-0.1, -0.05) is 0 Å². The number of carbonyl (C=O) groups excluding carboxylic acids is 1. The van der Waals surface area contributed by atoms with Crippen LogP contribution in [-0.4, -0.2) is 40.8 Å². The Balaban J connectivity index is 1.31. The SMILES string of the molecule is COc1cc(C)c(-n2c(C(F)(F)F)ccc(C(=O)Nc3cc(F)c(Oc4ccnc5cc6c(cc45)OCCO6)c(F)c3)c2=O)cn1. The second kappa shape index (κ2) is 11.6. The number of halogens is 5. The van der Waals surface area contributed by atoms with Crippen LogP contribution in [0.3, 0.4) is 0 Å². The van der Waals surface area contributed by atoms with Gasteiger partial charge < -0.3 is 24.3 Å². The van der Waals surface area contributed by atoms with Crippen LogP contribution in [0.1, 0.15) is 21.6 Å². The minimum atomic E-state index is -4.98. The van der Waals surface area contributed by atoms with Gasteiger partial charge in [-0.3, -0.25) is 19.1 Å². The zero-order valence-corrected chi connectivity index (χ0v) is 23.9. The third-order valence-corrected chi connectivity index (χ3v) is 6.96. The van der Waals surface area contributed by atoms with Gasteiger partial charge in [0.15, 0.2) is 28.9 Å². The molecule has 0 spiro atoms.